The van der Waals surface area contributed by atoms with Crippen LogP contribution in [0.4, 0.5) is 10.1 Å². The molecule has 2 heterocycles. The summed E-state index contributed by atoms with van der Waals surface area (Å²) in [6.07, 6.45) is 0. The Balaban J connectivity index is 1.74. The van der Waals surface area contributed by atoms with Gasteiger partial charge in [0.05, 0.1) is 11.7 Å². The van der Waals surface area contributed by atoms with E-state index in [2.05, 4.69) is 10.2 Å². The van der Waals surface area contributed by atoms with Gasteiger partial charge in [0.1, 0.15) is 11.5 Å². The fourth-order valence-electron chi connectivity index (χ4n) is 3.82. The summed E-state index contributed by atoms with van der Waals surface area (Å²) in [7, 11) is 0. The van der Waals surface area contributed by atoms with E-state index in [1.165, 1.54) is 12.1 Å². The number of nitrogens with one attached hydrogen (secondary N) is 1. The van der Waals surface area contributed by atoms with E-state index in [1.807, 2.05) is 48.5 Å². The molecular weight excluding hydrogens is 389 g/mol. The molecule has 1 unspecified atom stereocenters. The normalized spacial score (nSPS) is 15.6. The van der Waals surface area contributed by atoms with E-state index in [0.29, 0.717) is 22.0 Å². The third-order valence-corrected chi connectivity index (χ3v) is 5.34. The van der Waals surface area contributed by atoms with Crippen LogP contribution in [0, 0.1) is 5.82 Å². The van der Waals surface area contributed by atoms with Crippen LogP contribution in [0.3, 0.4) is 0 Å². The predicted molar refractivity (Wildman–Crippen MR) is 111 cm³/mol. The molecule has 0 spiro atoms. The summed E-state index contributed by atoms with van der Waals surface area (Å²) < 4.78 is 14.1. The molecule has 29 heavy (non-hydrogen) atoms. The number of carbonyl (C=O) groups is 1. The lowest BCUT2D eigenvalue weighted by atomic mass is 9.96. The van der Waals surface area contributed by atoms with E-state index >= 15 is 0 Å². The summed E-state index contributed by atoms with van der Waals surface area (Å²) >= 11 is 6.03. The number of hydrogen-bond acceptors (Lipinski definition) is 2. The molecule has 4 aromatic rings. The molecule has 0 saturated carbocycles. The molecule has 0 aliphatic carbocycles. The number of H-pyrrole nitrogens is 1. The highest BCUT2D eigenvalue weighted by molar-refractivity contribution is 6.30. The Morgan fingerprint density at radius 2 is 1.72 bits per heavy atom. The molecule has 142 valence electrons. The summed E-state index contributed by atoms with van der Waals surface area (Å²) in [4.78, 5) is 15.0. The molecule has 1 amide bonds. The van der Waals surface area contributed by atoms with Crippen molar-refractivity contribution in [2.24, 2.45) is 0 Å². The number of anilines is 1. The van der Waals surface area contributed by atoms with Gasteiger partial charge in [-0.05, 0) is 42.0 Å². The van der Waals surface area contributed by atoms with Crippen molar-refractivity contribution in [2.45, 2.75) is 6.04 Å². The molecule has 0 radical (unpaired) electrons. The first-order chi connectivity index (χ1) is 14.1. The van der Waals surface area contributed by atoms with E-state index in [-0.39, 0.29) is 11.7 Å². The van der Waals surface area contributed by atoms with E-state index < -0.39 is 6.04 Å². The van der Waals surface area contributed by atoms with Gasteiger partial charge >= 0.3 is 0 Å². The van der Waals surface area contributed by atoms with Gasteiger partial charge in [0.15, 0.2) is 0 Å². The van der Waals surface area contributed by atoms with Crippen molar-refractivity contribution < 1.29 is 9.18 Å². The Morgan fingerprint density at radius 1 is 0.966 bits per heavy atom. The maximum atomic E-state index is 14.1. The molecule has 4 nitrogen and oxygen atoms in total. The zero-order valence-corrected chi connectivity index (χ0v) is 15.9. The average Bonchev–Trinajstić information content (AvgIpc) is 3.28. The number of carbonyl (C=O) groups excluding carboxylic acids is 1. The second-order valence-electron chi connectivity index (χ2n) is 6.84. The Morgan fingerprint density at radius 3 is 2.45 bits per heavy atom. The number of fused-ring (bicyclic) bond motifs is 1. The largest absolute Gasteiger partial charge is 0.295 e. The van der Waals surface area contributed by atoms with Crippen LogP contribution in [-0.4, -0.2) is 16.1 Å². The third-order valence-electron chi connectivity index (χ3n) is 5.08. The lowest BCUT2D eigenvalue weighted by molar-refractivity contribution is 0.0988. The van der Waals surface area contributed by atoms with Crippen molar-refractivity contribution in [1.29, 1.82) is 0 Å². The molecule has 1 N–H and O–H groups in total. The van der Waals surface area contributed by atoms with Crippen molar-refractivity contribution in [1.82, 2.24) is 10.2 Å². The molecule has 0 saturated heterocycles. The first-order valence-electron chi connectivity index (χ1n) is 9.12. The van der Waals surface area contributed by atoms with Crippen LogP contribution in [0.25, 0.3) is 11.3 Å². The van der Waals surface area contributed by atoms with E-state index in [9.17, 15) is 9.18 Å². The maximum absolute atomic E-state index is 14.1. The van der Waals surface area contributed by atoms with E-state index in [0.717, 1.165) is 16.8 Å². The number of hydrogen-bond donors (Lipinski definition) is 1. The van der Waals surface area contributed by atoms with Crippen LogP contribution in [-0.2, 0) is 0 Å². The average molecular weight is 404 g/mol. The quantitative estimate of drug-likeness (QED) is 0.482. The van der Waals surface area contributed by atoms with Gasteiger partial charge in [-0.1, -0.05) is 54.1 Å². The summed E-state index contributed by atoms with van der Waals surface area (Å²) in [5, 5.41) is 7.92. The number of aromatic nitrogens is 2. The van der Waals surface area contributed by atoms with Crippen LogP contribution >= 0.6 is 11.6 Å². The van der Waals surface area contributed by atoms with Crippen molar-refractivity contribution in [3.05, 3.63) is 107 Å². The second kappa shape index (κ2) is 6.87. The van der Waals surface area contributed by atoms with Crippen LogP contribution in [0.1, 0.15) is 27.7 Å². The lowest BCUT2D eigenvalue weighted by Crippen LogP contribution is -2.29. The highest BCUT2D eigenvalue weighted by Gasteiger charge is 2.43. The van der Waals surface area contributed by atoms with Gasteiger partial charge in [-0.25, -0.2) is 4.39 Å². The topological polar surface area (TPSA) is 49.0 Å². The number of rotatable bonds is 3. The number of halogens is 2. The molecule has 3 aromatic carbocycles. The first-order valence-corrected chi connectivity index (χ1v) is 9.49. The molecule has 0 fully saturated rings. The minimum absolute atomic E-state index is 0.201. The lowest BCUT2D eigenvalue weighted by Gasteiger charge is -2.26. The minimum atomic E-state index is -0.500. The van der Waals surface area contributed by atoms with Crippen molar-refractivity contribution >= 4 is 23.2 Å². The summed E-state index contributed by atoms with van der Waals surface area (Å²) in [5.41, 5.74) is 4.03. The van der Waals surface area contributed by atoms with Crippen LogP contribution in [0.2, 0.25) is 5.02 Å². The highest BCUT2D eigenvalue weighted by atomic mass is 35.5. The number of para-hydroxylation sites is 1. The maximum Gasteiger partial charge on any atom is 0.277 e. The van der Waals surface area contributed by atoms with Gasteiger partial charge < -0.3 is 0 Å². The van der Waals surface area contributed by atoms with Gasteiger partial charge in [0.25, 0.3) is 5.91 Å². The van der Waals surface area contributed by atoms with Crippen LogP contribution in [0.5, 0.6) is 0 Å². The van der Waals surface area contributed by atoms with Gasteiger partial charge in [0, 0.05) is 21.8 Å². The number of nitrogens with zero attached hydrogens (tertiary/aromatic N) is 2. The Labute approximate surface area is 171 Å². The smallest absolute Gasteiger partial charge is 0.277 e. The Hall–Kier alpha value is -3.44. The van der Waals surface area contributed by atoms with E-state index in [1.54, 1.807) is 23.1 Å². The summed E-state index contributed by atoms with van der Waals surface area (Å²) in [6, 6.07) is 22.5. The molecule has 1 aliphatic rings. The van der Waals surface area contributed by atoms with E-state index in [4.69, 9.17) is 11.6 Å². The Kier molecular flexibility index (Phi) is 4.18. The zero-order valence-electron chi connectivity index (χ0n) is 15.1. The van der Waals surface area contributed by atoms with Gasteiger partial charge in [-0.3, -0.25) is 14.8 Å². The number of aromatic amines is 1. The van der Waals surface area contributed by atoms with Crippen molar-refractivity contribution in [3.63, 3.8) is 0 Å². The van der Waals surface area contributed by atoms with Crippen LogP contribution in [0.15, 0.2) is 78.9 Å². The van der Waals surface area contributed by atoms with Gasteiger partial charge in [-0.15, -0.1) is 0 Å². The van der Waals surface area contributed by atoms with Crippen LogP contribution < -0.4 is 4.90 Å². The van der Waals surface area contributed by atoms with Crippen molar-refractivity contribution in [2.75, 3.05) is 4.90 Å². The fourth-order valence-corrected chi connectivity index (χ4v) is 3.95. The third kappa shape index (κ3) is 2.91. The molecule has 1 aliphatic heterocycles. The van der Waals surface area contributed by atoms with Crippen molar-refractivity contribution in [3.8, 4) is 11.3 Å². The minimum Gasteiger partial charge on any atom is -0.295 e. The Bertz CT molecular complexity index is 1200. The molecular formula is C23H15ClFN3O. The summed E-state index contributed by atoms with van der Waals surface area (Å²) in [5.74, 6) is -0.555. The van der Waals surface area contributed by atoms with Gasteiger partial charge in [-0.2, -0.15) is 5.10 Å². The molecule has 0 bridgehead atoms. The second-order valence-corrected chi connectivity index (χ2v) is 7.27. The zero-order chi connectivity index (χ0) is 20.0. The molecule has 1 atom stereocenters. The number of amides is 1. The highest BCUT2D eigenvalue weighted by Crippen LogP contribution is 2.45. The monoisotopic (exact) mass is 403 g/mol. The first kappa shape index (κ1) is 17.6. The summed E-state index contributed by atoms with van der Waals surface area (Å²) in [6.45, 7) is 0. The molecule has 1 aromatic heterocycles. The fraction of sp³-hybridized carbons (Fsp3) is 0.0435. The molecule has 5 rings (SSSR count). The SMILES string of the molecule is O=C1c2[nH]nc(-c3ccc(Cl)cc3)c2C(c2cccc(F)c2)N1c1ccccc1. The number of benzene rings is 3. The van der Waals surface area contributed by atoms with Gasteiger partial charge in [0.2, 0.25) is 0 Å². The predicted octanol–water partition coefficient (Wildman–Crippen LogP) is 5.62. The standard InChI is InChI=1S/C23H15ClFN3O/c24-16-11-9-14(10-12-16)20-19-21(27-26-20)23(29)28(18-7-2-1-3-8-18)22(19)15-5-4-6-17(25)13-15/h1-13,22H,(H,26,27). The molecule has 6 heteroatoms.